The minimum atomic E-state index is -4.31. The first-order valence-electron chi connectivity index (χ1n) is 10.9. The van der Waals surface area contributed by atoms with E-state index in [0.717, 1.165) is 11.5 Å². The van der Waals surface area contributed by atoms with Crippen LogP contribution >= 0.6 is 20.0 Å². The van der Waals surface area contributed by atoms with Crippen LogP contribution in [0.25, 0.3) is 0 Å². The molecule has 1 aromatic heterocycles. The number of nitrogens with zero attached hydrogens (tertiary/aromatic N) is 1. The molecule has 0 saturated heterocycles. The summed E-state index contributed by atoms with van der Waals surface area (Å²) in [5.74, 6) is -1.83. The number of alkyl halides is 1. The summed E-state index contributed by atoms with van der Waals surface area (Å²) < 4.78 is 51.5. The summed E-state index contributed by atoms with van der Waals surface area (Å²) in [4.78, 5) is 26.8. The van der Waals surface area contributed by atoms with Gasteiger partial charge in [0.05, 0.1) is 6.10 Å². The van der Waals surface area contributed by atoms with Gasteiger partial charge in [-0.3, -0.25) is 18.9 Å². The van der Waals surface area contributed by atoms with Crippen LogP contribution in [0.4, 0.5) is 4.39 Å². The van der Waals surface area contributed by atoms with E-state index in [1.165, 1.54) is 31.3 Å². The lowest BCUT2D eigenvalue weighted by atomic mass is 10.1. The first-order valence-corrected chi connectivity index (χ1v) is 12.8. The average molecular weight is 544 g/mol. The second-order valence-corrected chi connectivity index (χ2v) is 10.5. The number of hydrogen-bond acceptors (Lipinski definition) is 9. The van der Waals surface area contributed by atoms with Crippen LogP contribution in [-0.4, -0.2) is 45.0 Å². The molecule has 1 aliphatic rings. The Labute approximate surface area is 211 Å². The van der Waals surface area contributed by atoms with Crippen LogP contribution < -0.4 is 15.3 Å². The summed E-state index contributed by atoms with van der Waals surface area (Å²) in [5.41, 5.74) is -3.30. The maximum atomic E-state index is 15.4. The largest absolute Gasteiger partial charge is 0.506 e. The summed E-state index contributed by atoms with van der Waals surface area (Å²) in [6.45, 7) is 5.00. The van der Waals surface area contributed by atoms with Gasteiger partial charge in [-0.15, -0.1) is 0 Å². The van der Waals surface area contributed by atoms with E-state index in [2.05, 4.69) is 10.1 Å². The number of esters is 1. The predicted octanol–water partition coefficient (Wildman–Crippen LogP) is 4.07. The van der Waals surface area contributed by atoms with Gasteiger partial charge in [0, 0.05) is 6.20 Å². The Hall–Kier alpha value is -2.99. The number of hydrogen-bond donors (Lipinski definition) is 3. The summed E-state index contributed by atoms with van der Waals surface area (Å²) >= 11 is 4.88. The van der Waals surface area contributed by atoms with Gasteiger partial charge < -0.3 is 19.1 Å². The van der Waals surface area contributed by atoms with Gasteiger partial charge in [0.15, 0.2) is 11.5 Å². The summed E-state index contributed by atoms with van der Waals surface area (Å²) in [7, 11) is -4.31. The number of rotatable bonds is 10. The zero-order chi connectivity index (χ0) is 26.7. The van der Waals surface area contributed by atoms with E-state index in [4.69, 9.17) is 30.7 Å². The number of aliphatic hydroxyl groups excluding tert-OH is 1. The first-order chi connectivity index (χ1) is 16.8. The smallest absolute Gasteiger partial charge is 0.459 e. The average Bonchev–Trinajstić information content (AvgIpc) is 3.01. The second kappa shape index (κ2) is 11.0. The third kappa shape index (κ3) is 6.41. The van der Waals surface area contributed by atoms with Crippen LogP contribution in [0.15, 0.2) is 58.9 Å². The fourth-order valence-electron chi connectivity index (χ4n) is 3.20. The number of benzene rings is 1. The molecule has 196 valence electrons. The molecule has 1 aliphatic heterocycles. The number of aromatic amines is 1. The molecule has 3 N–H and O–H groups in total. The number of nitrogens with one attached hydrogen (secondary N) is 2. The maximum Gasteiger partial charge on any atom is 0.459 e. The van der Waals surface area contributed by atoms with Crippen molar-refractivity contribution in [2.75, 3.05) is 6.61 Å². The zero-order valence-corrected chi connectivity index (χ0v) is 21.7. The van der Waals surface area contributed by atoms with Crippen molar-refractivity contribution < 1.29 is 37.4 Å². The van der Waals surface area contributed by atoms with Gasteiger partial charge in [-0.2, -0.15) is 5.09 Å². The Morgan fingerprint density at radius 1 is 1.33 bits per heavy atom. The second-order valence-electron chi connectivity index (χ2n) is 8.35. The van der Waals surface area contributed by atoms with Crippen molar-refractivity contribution >= 4 is 25.9 Å². The van der Waals surface area contributed by atoms with Crippen LogP contribution in [-0.2, 0) is 23.4 Å². The molecule has 3 rings (SSSR count). The molecule has 0 fully saturated rings. The Morgan fingerprint density at radius 2 is 2.00 bits per heavy atom. The van der Waals surface area contributed by atoms with Gasteiger partial charge >= 0.3 is 19.4 Å². The van der Waals surface area contributed by atoms with Crippen molar-refractivity contribution in [1.29, 1.82) is 0 Å². The van der Waals surface area contributed by atoms with E-state index in [1.54, 1.807) is 32.0 Å². The Bertz CT molecular complexity index is 1290. The molecule has 4 atom stereocenters. The maximum absolute atomic E-state index is 15.4. The van der Waals surface area contributed by atoms with Crippen LogP contribution in [0.2, 0.25) is 0 Å². The number of carbonyl (C=O) groups excluding carboxylic acids is 1. The van der Waals surface area contributed by atoms with Gasteiger partial charge in [-0.1, -0.05) is 30.4 Å². The highest BCUT2D eigenvalue weighted by Crippen LogP contribution is 2.48. The van der Waals surface area contributed by atoms with E-state index in [-0.39, 0.29) is 10.4 Å². The van der Waals surface area contributed by atoms with Crippen LogP contribution in [0, 0.1) is 4.64 Å². The lowest BCUT2D eigenvalue weighted by Gasteiger charge is -2.24. The molecule has 2 unspecified atom stereocenters. The molecule has 0 aliphatic carbocycles. The van der Waals surface area contributed by atoms with E-state index >= 15 is 4.39 Å². The highest BCUT2D eigenvalue weighted by Gasteiger charge is 2.51. The number of carbonyl (C=O) groups is 1. The van der Waals surface area contributed by atoms with E-state index in [1.807, 2.05) is 0 Å². The molecule has 36 heavy (non-hydrogen) atoms. The number of para-hydroxylation sites is 1. The zero-order valence-electron chi connectivity index (χ0n) is 20.0. The Balaban J connectivity index is 1.83. The SMILES string of the molecule is CC(C)OC(=O)[C@H](C)NP(=O)(OCC1=C(O)C(C)(F)[C@H](n2ccc(=S)[nH]c2=O)O1)Oc1ccccc1. The first kappa shape index (κ1) is 27.6. The van der Waals surface area contributed by atoms with Gasteiger partial charge in [0.25, 0.3) is 0 Å². The van der Waals surface area contributed by atoms with Crippen molar-refractivity contribution in [1.82, 2.24) is 14.6 Å². The van der Waals surface area contributed by atoms with Crippen LogP contribution in [0.1, 0.15) is 33.9 Å². The van der Waals surface area contributed by atoms with Crippen molar-refractivity contribution in [3.8, 4) is 5.75 Å². The van der Waals surface area contributed by atoms with Gasteiger partial charge in [-0.05, 0) is 45.9 Å². The molecule has 1 aromatic carbocycles. The summed E-state index contributed by atoms with van der Waals surface area (Å²) in [5, 5.41) is 13.0. The van der Waals surface area contributed by atoms with E-state index in [9.17, 15) is 19.3 Å². The highest BCUT2D eigenvalue weighted by molar-refractivity contribution is 7.71. The fraction of sp³-hybridized carbons (Fsp3) is 0.409. The minimum Gasteiger partial charge on any atom is -0.506 e. The van der Waals surface area contributed by atoms with Crippen molar-refractivity contribution in [2.24, 2.45) is 0 Å². The molecule has 0 bridgehead atoms. The number of aliphatic hydroxyl groups is 1. The third-order valence-electron chi connectivity index (χ3n) is 4.94. The normalized spacial score (nSPS) is 22.1. The van der Waals surface area contributed by atoms with Crippen molar-refractivity contribution in [3.63, 3.8) is 0 Å². The van der Waals surface area contributed by atoms with Crippen molar-refractivity contribution in [2.45, 2.75) is 51.7 Å². The van der Waals surface area contributed by atoms with Crippen LogP contribution in [0.3, 0.4) is 0 Å². The van der Waals surface area contributed by atoms with Crippen molar-refractivity contribution in [3.05, 3.63) is 69.2 Å². The van der Waals surface area contributed by atoms with Gasteiger partial charge in [0.2, 0.25) is 11.9 Å². The topological polar surface area (TPSA) is 141 Å². The highest BCUT2D eigenvalue weighted by atomic mass is 32.1. The quantitative estimate of drug-likeness (QED) is 0.228. The van der Waals surface area contributed by atoms with Gasteiger partial charge in [0.1, 0.15) is 23.0 Å². The number of ether oxygens (including phenoxy) is 2. The molecule has 0 amide bonds. The molecule has 11 nitrogen and oxygen atoms in total. The fourth-order valence-corrected chi connectivity index (χ4v) is 4.80. The molecule has 2 aromatic rings. The van der Waals surface area contributed by atoms with E-state index < -0.39 is 61.6 Å². The molecular formula is C22H27FN3O8PS. The standard InChI is InChI=1S/C22H27FN3O8PS/c1-13(2)32-19(28)14(3)25-35(30,34-15-8-6-5-7-9-15)31-12-16-18(27)22(4,23)20(33-16)26-11-10-17(36)24-21(26)29/h5-11,13-14,20,27H,12H2,1-4H3,(H,25,30)(H,24,29,36)/t14-,20+,22?,35?/m0/s1. The lowest BCUT2D eigenvalue weighted by Crippen LogP contribution is -2.37. The molecule has 14 heteroatoms. The predicted molar refractivity (Wildman–Crippen MR) is 130 cm³/mol. The van der Waals surface area contributed by atoms with Crippen LogP contribution in [0.5, 0.6) is 5.75 Å². The molecular weight excluding hydrogens is 516 g/mol. The molecule has 0 radical (unpaired) electrons. The lowest BCUT2D eigenvalue weighted by molar-refractivity contribution is -0.149. The minimum absolute atomic E-state index is 0.130. The number of halogens is 1. The molecule has 0 saturated carbocycles. The monoisotopic (exact) mass is 543 g/mol. The number of aromatic nitrogens is 2. The summed E-state index contributed by atoms with van der Waals surface area (Å²) in [6.07, 6.45) is -0.799. The van der Waals surface area contributed by atoms with E-state index in [0.29, 0.717) is 0 Å². The molecule has 2 heterocycles. The Kier molecular flexibility index (Phi) is 8.40. The number of H-pyrrole nitrogens is 1. The Morgan fingerprint density at radius 3 is 2.61 bits per heavy atom. The van der Waals surface area contributed by atoms with Gasteiger partial charge in [-0.25, -0.2) is 13.8 Å². The summed E-state index contributed by atoms with van der Waals surface area (Å²) in [6, 6.07) is 8.24. The third-order valence-corrected chi connectivity index (χ3v) is 6.80. The molecule has 0 spiro atoms.